The molecule has 2 rings (SSSR count). The van der Waals surface area contributed by atoms with Crippen LogP contribution in [0.3, 0.4) is 0 Å². The van der Waals surface area contributed by atoms with Crippen LogP contribution >= 0.6 is 0 Å². The number of aromatic nitrogens is 1. The molecular formula is C13H10N2O2. The van der Waals surface area contributed by atoms with Gasteiger partial charge in [0.25, 0.3) is 0 Å². The van der Waals surface area contributed by atoms with E-state index < -0.39 is 5.97 Å². The van der Waals surface area contributed by atoms with Gasteiger partial charge in [-0.15, -0.1) is 0 Å². The molecule has 0 atom stereocenters. The first kappa shape index (κ1) is 11.0. The number of hydrogen-bond acceptors (Lipinski definition) is 3. The Bertz CT molecular complexity index is 632. The number of ether oxygens (including phenoxy) is 1. The number of benzene rings is 1. The molecule has 0 amide bonds. The lowest BCUT2D eigenvalue weighted by atomic mass is 10.1. The van der Waals surface area contributed by atoms with Crippen molar-refractivity contribution in [1.82, 2.24) is 4.98 Å². The van der Waals surface area contributed by atoms with E-state index in [4.69, 9.17) is 5.26 Å². The van der Waals surface area contributed by atoms with E-state index in [2.05, 4.69) is 9.72 Å². The fourth-order valence-electron chi connectivity index (χ4n) is 1.63. The van der Waals surface area contributed by atoms with Gasteiger partial charge in [-0.25, -0.2) is 4.79 Å². The third-order valence-corrected chi connectivity index (χ3v) is 2.45. The fourth-order valence-corrected chi connectivity index (χ4v) is 1.63. The van der Waals surface area contributed by atoms with Crippen molar-refractivity contribution in [2.24, 2.45) is 0 Å². The lowest BCUT2D eigenvalue weighted by Crippen LogP contribution is -2.02. The number of nitriles is 1. The number of fused-ring (bicyclic) bond motifs is 1. The lowest BCUT2D eigenvalue weighted by molar-refractivity contribution is -0.135. The zero-order valence-electron chi connectivity index (χ0n) is 9.23. The number of rotatable bonds is 2. The summed E-state index contributed by atoms with van der Waals surface area (Å²) in [4.78, 5) is 14.4. The molecule has 0 saturated carbocycles. The van der Waals surface area contributed by atoms with Crippen LogP contribution in [-0.4, -0.2) is 18.1 Å². The Morgan fingerprint density at radius 1 is 1.47 bits per heavy atom. The number of H-pyrrole nitrogens is 1. The third-order valence-electron chi connectivity index (χ3n) is 2.45. The molecular weight excluding hydrogens is 216 g/mol. The van der Waals surface area contributed by atoms with Crippen LogP contribution in [0.2, 0.25) is 0 Å². The van der Waals surface area contributed by atoms with Crippen molar-refractivity contribution >= 4 is 22.9 Å². The number of nitrogens with one attached hydrogen (secondary N) is 1. The van der Waals surface area contributed by atoms with Crippen LogP contribution < -0.4 is 0 Å². The molecule has 0 spiro atoms. The van der Waals surface area contributed by atoms with Gasteiger partial charge in [0.2, 0.25) is 0 Å². The average Bonchev–Trinajstić information content (AvgIpc) is 2.83. The Balaban J connectivity index is 2.54. The molecule has 1 aromatic carbocycles. The first-order chi connectivity index (χ1) is 8.26. The average molecular weight is 226 g/mol. The molecule has 1 aromatic heterocycles. The smallest absolute Gasteiger partial charge is 0.348 e. The standard InChI is InChI=1S/C13H10N2O2/c1-17-13(16)11(8-14)7-10-4-2-3-9-5-6-15-12(9)10/h2-7,15H,1H3/b11-7+. The quantitative estimate of drug-likeness (QED) is 0.485. The van der Waals surface area contributed by atoms with Gasteiger partial charge < -0.3 is 9.72 Å². The highest BCUT2D eigenvalue weighted by atomic mass is 16.5. The number of carbonyl (C=O) groups is 1. The second kappa shape index (κ2) is 4.54. The van der Waals surface area contributed by atoms with Gasteiger partial charge in [0.05, 0.1) is 12.6 Å². The van der Waals surface area contributed by atoms with E-state index in [1.807, 2.05) is 36.5 Å². The van der Waals surface area contributed by atoms with Crippen LogP contribution in [0.4, 0.5) is 0 Å². The van der Waals surface area contributed by atoms with E-state index in [9.17, 15) is 4.79 Å². The normalized spacial score (nSPS) is 11.2. The molecule has 0 aliphatic rings. The SMILES string of the molecule is COC(=O)/C(C#N)=C/c1cccc2cc[nH]c12. The maximum Gasteiger partial charge on any atom is 0.348 e. The zero-order chi connectivity index (χ0) is 12.3. The Hall–Kier alpha value is -2.54. The van der Waals surface area contributed by atoms with Crippen molar-refractivity contribution in [3.05, 3.63) is 41.6 Å². The zero-order valence-corrected chi connectivity index (χ0v) is 9.23. The summed E-state index contributed by atoms with van der Waals surface area (Å²) in [6.45, 7) is 0. The molecule has 2 aromatic rings. The molecule has 4 nitrogen and oxygen atoms in total. The molecule has 0 saturated heterocycles. The van der Waals surface area contributed by atoms with E-state index in [1.165, 1.54) is 13.2 Å². The van der Waals surface area contributed by atoms with Crippen molar-refractivity contribution < 1.29 is 9.53 Å². The maximum absolute atomic E-state index is 11.3. The Morgan fingerprint density at radius 3 is 3.00 bits per heavy atom. The summed E-state index contributed by atoms with van der Waals surface area (Å²) in [5.41, 5.74) is 1.66. The summed E-state index contributed by atoms with van der Waals surface area (Å²) in [6, 6.07) is 9.41. The van der Waals surface area contributed by atoms with Crippen molar-refractivity contribution in [1.29, 1.82) is 5.26 Å². The number of methoxy groups -OCH3 is 1. The second-order valence-corrected chi connectivity index (χ2v) is 3.45. The molecule has 0 aliphatic heterocycles. The topological polar surface area (TPSA) is 65.9 Å². The van der Waals surface area contributed by atoms with Crippen molar-refractivity contribution in [2.45, 2.75) is 0 Å². The van der Waals surface area contributed by atoms with Gasteiger partial charge in [-0.3, -0.25) is 0 Å². The van der Waals surface area contributed by atoms with Gasteiger partial charge in [-0.2, -0.15) is 5.26 Å². The van der Waals surface area contributed by atoms with Crippen molar-refractivity contribution in [3.63, 3.8) is 0 Å². The van der Waals surface area contributed by atoms with Gasteiger partial charge >= 0.3 is 5.97 Å². The second-order valence-electron chi connectivity index (χ2n) is 3.45. The lowest BCUT2D eigenvalue weighted by Gasteiger charge is -1.99. The van der Waals surface area contributed by atoms with Crippen LogP contribution in [0.1, 0.15) is 5.56 Å². The number of nitrogens with zero attached hydrogens (tertiary/aromatic N) is 1. The predicted octanol–water partition coefficient (Wildman–Crippen LogP) is 2.25. The Labute approximate surface area is 98.1 Å². The molecule has 0 unspecified atom stereocenters. The molecule has 0 fully saturated rings. The highest BCUT2D eigenvalue weighted by molar-refractivity contribution is 6.00. The van der Waals surface area contributed by atoms with Gasteiger partial charge in [0.15, 0.2) is 0 Å². The number of hydrogen-bond donors (Lipinski definition) is 1. The van der Waals surface area contributed by atoms with Crippen LogP contribution in [0.15, 0.2) is 36.0 Å². The number of aromatic amines is 1. The first-order valence-corrected chi connectivity index (χ1v) is 5.02. The van der Waals surface area contributed by atoms with Gasteiger partial charge in [0, 0.05) is 11.8 Å². The summed E-state index contributed by atoms with van der Waals surface area (Å²) in [5, 5.41) is 9.91. The summed E-state index contributed by atoms with van der Waals surface area (Å²) < 4.78 is 4.53. The molecule has 17 heavy (non-hydrogen) atoms. The molecule has 4 heteroatoms. The molecule has 1 heterocycles. The molecule has 0 bridgehead atoms. The van der Waals surface area contributed by atoms with Crippen LogP contribution in [0.5, 0.6) is 0 Å². The van der Waals surface area contributed by atoms with E-state index in [-0.39, 0.29) is 5.57 Å². The Kier molecular flexibility index (Phi) is 2.93. The van der Waals surface area contributed by atoms with E-state index >= 15 is 0 Å². The minimum atomic E-state index is -0.629. The van der Waals surface area contributed by atoms with E-state index in [1.54, 1.807) is 0 Å². The molecule has 0 aliphatic carbocycles. The maximum atomic E-state index is 11.3. The number of carbonyl (C=O) groups excluding carboxylic acids is 1. The number of esters is 1. The third kappa shape index (κ3) is 2.04. The summed E-state index contributed by atoms with van der Waals surface area (Å²) in [7, 11) is 1.25. The highest BCUT2D eigenvalue weighted by Crippen LogP contribution is 2.19. The summed E-state index contributed by atoms with van der Waals surface area (Å²) in [5.74, 6) is -0.629. The minimum absolute atomic E-state index is 0.0189. The van der Waals surface area contributed by atoms with Crippen LogP contribution in [-0.2, 0) is 9.53 Å². The van der Waals surface area contributed by atoms with Gasteiger partial charge in [0.1, 0.15) is 11.6 Å². The first-order valence-electron chi connectivity index (χ1n) is 5.02. The summed E-state index contributed by atoms with van der Waals surface area (Å²) in [6.07, 6.45) is 3.33. The van der Waals surface area contributed by atoms with Gasteiger partial charge in [-0.05, 0) is 17.5 Å². The van der Waals surface area contributed by atoms with Crippen molar-refractivity contribution in [2.75, 3.05) is 7.11 Å². The van der Waals surface area contributed by atoms with Crippen molar-refractivity contribution in [3.8, 4) is 6.07 Å². The minimum Gasteiger partial charge on any atom is -0.465 e. The fraction of sp³-hybridized carbons (Fsp3) is 0.0769. The van der Waals surface area contributed by atoms with E-state index in [0.29, 0.717) is 0 Å². The molecule has 0 radical (unpaired) electrons. The summed E-state index contributed by atoms with van der Waals surface area (Å²) >= 11 is 0. The van der Waals surface area contributed by atoms with Crippen LogP contribution in [0, 0.1) is 11.3 Å². The number of para-hydroxylation sites is 1. The largest absolute Gasteiger partial charge is 0.465 e. The van der Waals surface area contributed by atoms with Crippen LogP contribution in [0.25, 0.3) is 17.0 Å². The predicted molar refractivity (Wildman–Crippen MR) is 63.9 cm³/mol. The van der Waals surface area contributed by atoms with E-state index in [0.717, 1.165) is 16.5 Å². The monoisotopic (exact) mass is 226 g/mol. The Morgan fingerprint density at radius 2 is 2.29 bits per heavy atom. The van der Waals surface area contributed by atoms with Gasteiger partial charge in [-0.1, -0.05) is 18.2 Å². The highest BCUT2D eigenvalue weighted by Gasteiger charge is 2.09. The molecule has 84 valence electrons. The molecule has 1 N–H and O–H groups in total.